The second-order valence-corrected chi connectivity index (χ2v) is 3.88. The fourth-order valence-corrected chi connectivity index (χ4v) is 1.22. The summed E-state index contributed by atoms with van der Waals surface area (Å²) in [6.07, 6.45) is 0.818. The standard InChI is InChI=1S/C14H24N2O5/c15-3-1-5-17-7-9-19-11-13-21-14-12-20-10-8-18-6-2-4-16/h1-2,5-14H2. The van der Waals surface area contributed by atoms with E-state index in [9.17, 15) is 0 Å². The van der Waals surface area contributed by atoms with Crippen molar-refractivity contribution in [2.45, 2.75) is 12.8 Å². The Hall–Kier alpha value is -1.22. The van der Waals surface area contributed by atoms with Gasteiger partial charge < -0.3 is 23.7 Å². The van der Waals surface area contributed by atoms with Crippen LogP contribution in [0.2, 0.25) is 0 Å². The highest BCUT2D eigenvalue weighted by Crippen LogP contribution is 1.85. The van der Waals surface area contributed by atoms with E-state index in [-0.39, 0.29) is 0 Å². The summed E-state index contributed by atoms with van der Waals surface area (Å²) in [6.45, 7) is 4.96. The van der Waals surface area contributed by atoms with Gasteiger partial charge in [-0.05, 0) is 0 Å². The lowest BCUT2D eigenvalue weighted by atomic mass is 10.5. The molecule has 0 aromatic heterocycles. The van der Waals surface area contributed by atoms with Crippen LogP contribution in [-0.2, 0) is 23.7 Å². The van der Waals surface area contributed by atoms with E-state index < -0.39 is 0 Å². The van der Waals surface area contributed by atoms with E-state index >= 15 is 0 Å². The van der Waals surface area contributed by atoms with E-state index in [1.54, 1.807) is 0 Å². The molecule has 0 unspecified atom stereocenters. The fourth-order valence-electron chi connectivity index (χ4n) is 1.22. The van der Waals surface area contributed by atoms with Crippen LogP contribution in [0.5, 0.6) is 0 Å². The fraction of sp³-hybridized carbons (Fsp3) is 0.857. The molecule has 0 spiro atoms. The minimum Gasteiger partial charge on any atom is -0.378 e. The van der Waals surface area contributed by atoms with Crippen LogP contribution in [0.3, 0.4) is 0 Å². The van der Waals surface area contributed by atoms with Gasteiger partial charge in [-0.15, -0.1) is 0 Å². The van der Waals surface area contributed by atoms with Crippen LogP contribution in [0.4, 0.5) is 0 Å². The molecule has 0 fully saturated rings. The topological polar surface area (TPSA) is 93.7 Å². The molecular weight excluding hydrogens is 276 g/mol. The molecule has 0 aliphatic rings. The van der Waals surface area contributed by atoms with E-state index in [1.807, 2.05) is 12.1 Å². The molecule has 7 nitrogen and oxygen atoms in total. The summed E-state index contributed by atoms with van der Waals surface area (Å²) in [4.78, 5) is 0. The summed E-state index contributed by atoms with van der Waals surface area (Å²) in [5.74, 6) is 0. The third-order valence-corrected chi connectivity index (χ3v) is 2.20. The Kier molecular flexibility index (Phi) is 17.7. The lowest BCUT2D eigenvalue weighted by molar-refractivity contribution is -0.0103. The monoisotopic (exact) mass is 300 g/mol. The SMILES string of the molecule is N#CCCOCCOCCOCCOCCOCCC#N. The Bertz CT molecular complexity index is 260. The third-order valence-electron chi connectivity index (χ3n) is 2.20. The minimum absolute atomic E-state index is 0.409. The van der Waals surface area contributed by atoms with Crippen molar-refractivity contribution in [3.63, 3.8) is 0 Å². The van der Waals surface area contributed by atoms with Crippen LogP contribution in [0.15, 0.2) is 0 Å². The van der Waals surface area contributed by atoms with Crippen molar-refractivity contribution in [1.82, 2.24) is 0 Å². The van der Waals surface area contributed by atoms with E-state index in [2.05, 4.69) is 0 Å². The zero-order chi connectivity index (χ0) is 15.4. The van der Waals surface area contributed by atoms with Crippen molar-refractivity contribution < 1.29 is 23.7 Å². The normalized spacial score (nSPS) is 10.2. The van der Waals surface area contributed by atoms with Crippen LogP contribution in [0, 0.1) is 22.7 Å². The Morgan fingerprint density at radius 3 is 0.905 bits per heavy atom. The molecule has 0 rings (SSSR count). The molecule has 120 valence electrons. The molecule has 0 aromatic rings. The lowest BCUT2D eigenvalue weighted by Crippen LogP contribution is -2.13. The Balaban J connectivity index is 2.94. The maximum atomic E-state index is 8.29. The molecule has 0 amide bonds. The number of nitrogens with zero attached hydrogens (tertiary/aromatic N) is 2. The average molecular weight is 300 g/mol. The highest BCUT2D eigenvalue weighted by atomic mass is 16.6. The molecule has 0 heterocycles. The van der Waals surface area contributed by atoms with Gasteiger partial charge in [0.15, 0.2) is 0 Å². The van der Waals surface area contributed by atoms with Crippen molar-refractivity contribution in [3.8, 4) is 12.1 Å². The molecule has 0 saturated heterocycles. The maximum Gasteiger partial charge on any atom is 0.0701 e. The maximum absolute atomic E-state index is 8.29. The first-order valence-electron chi connectivity index (χ1n) is 7.04. The van der Waals surface area contributed by atoms with Gasteiger partial charge in [0, 0.05) is 0 Å². The molecule has 0 N–H and O–H groups in total. The van der Waals surface area contributed by atoms with Gasteiger partial charge in [0.05, 0.1) is 91.0 Å². The number of hydrogen-bond acceptors (Lipinski definition) is 7. The van der Waals surface area contributed by atoms with Gasteiger partial charge in [-0.2, -0.15) is 10.5 Å². The number of nitriles is 2. The molecule has 0 radical (unpaired) electrons. The number of hydrogen-bond donors (Lipinski definition) is 0. The van der Waals surface area contributed by atoms with Crippen LogP contribution in [-0.4, -0.2) is 66.1 Å². The number of rotatable bonds is 16. The second-order valence-electron chi connectivity index (χ2n) is 3.88. The van der Waals surface area contributed by atoms with Gasteiger partial charge in [-0.3, -0.25) is 0 Å². The molecule has 0 atom stereocenters. The Labute approximate surface area is 126 Å². The van der Waals surface area contributed by atoms with Gasteiger partial charge in [0.1, 0.15) is 0 Å². The molecule has 0 aliphatic heterocycles. The first-order valence-corrected chi connectivity index (χ1v) is 7.04. The Morgan fingerprint density at radius 2 is 0.667 bits per heavy atom. The lowest BCUT2D eigenvalue weighted by Gasteiger charge is -2.07. The first-order chi connectivity index (χ1) is 10.4. The molecule has 0 bridgehead atoms. The smallest absolute Gasteiger partial charge is 0.0701 e. The third kappa shape index (κ3) is 18.8. The summed E-state index contributed by atoms with van der Waals surface area (Å²) >= 11 is 0. The number of ether oxygens (including phenoxy) is 5. The van der Waals surface area contributed by atoms with Crippen LogP contribution >= 0.6 is 0 Å². The zero-order valence-electron chi connectivity index (χ0n) is 12.4. The van der Waals surface area contributed by atoms with Crippen molar-refractivity contribution >= 4 is 0 Å². The van der Waals surface area contributed by atoms with Crippen LogP contribution in [0.25, 0.3) is 0 Å². The zero-order valence-corrected chi connectivity index (χ0v) is 12.4. The highest BCUT2D eigenvalue weighted by molar-refractivity contribution is 4.67. The first kappa shape index (κ1) is 19.8. The van der Waals surface area contributed by atoms with Gasteiger partial charge >= 0.3 is 0 Å². The van der Waals surface area contributed by atoms with Gasteiger partial charge in [0.25, 0.3) is 0 Å². The molecule has 7 heteroatoms. The summed E-state index contributed by atoms with van der Waals surface area (Å²) in [5, 5.41) is 16.6. The quantitative estimate of drug-likeness (QED) is 0.391. The summed E-state index contributed by atoms with van der Waals surface area (Å²) < 4.78 is 26.1. The van der Waals surface area contributed by atoms with E-state index in [0.717, 1.165) is 0 Å². The van der Waals surface area contributed by atoms with E-state index in [1.165, 1.54) is 0 Å². The summed E-state index contributed by atoms with van der Waals surface area (Å²) in [5.41, 5.74) is 0. The minimum atomic E-state index is 0.409. The van der Waals surface area contributed by atoms with Gasteiger partial charge in [-0.1, -0.05) is 0 Å². The summed E-state index contributed by atoms with van der Waals surface area (Å²) in [6, 6.07) is 4.00. The largest absolute Gasteiger partial charge is 0.378 e. The van der Waals surface area contributed by atoms with Gasteiger partial charge in [0.2, 0.25) is 0 Å². The van der Waals surface area contributed by atoms with Crippen LogP contribution < -0.4 is 0 Å². The molecule has 0 aromatic carbocycles. The summed E-state index contributed by atoms with van der Waals surface area (Å²) in [7, 11) is 0. The van der Waals surface area contributed by atoms with E-state index in [0.29, 0.717) is 78.9 Å². The molecule has 0 saturated carbocycles. The molecule has 0 aliphatic carbocycles. The van der Waals surface area contributed by atoms with E-state index in [4.69, 9.17) is 34.2 Å². The van der Waals surface area contributed by atoms with Crippen molar-refractivity contribution in [2.75, 3.05) is 66.1 Å². The highest BCUT2D eigenvalue weighted by Gasteiger charge is 1.93. The van der Waals surface area contributed by atoms with Crippen molar-refractivity contribution in [1.29, 1.82) is 10.5 Å². The van der Waals surface area contributed by atoms with Crippen molar-refractivity contribution in [3.05, 3.63) is 0 Å². The van der Waals surface area contributed by atoms with Crippen LogP contribution in [0.1, 0.15) is 12.8 Å². The molecular formula is C14H24N2O5. The molecule has 21 heavy (non-hydrogen) atoms. The Morgan fingerprint density at radius 1 is 0.429 bits per heavy atom. The predicted molar refractivity (Wildman–Crippen MR) is 74.6 cm³/mol. The average Bonchev–Trinajstić information content (AvgIpc) is 2.50. The predicted octanol–water partition coefficient (Wildman–Crippen LogP) is 0.897. The second kappa shape index (κ2) is 18.8. The van der Waals surface area contributed by atoms with Gasteiger partial charge in [-0.25, -0.2) is 0 Å². The van der Waals surface area contributed by atoms with Crippen molar-refractivity contribution in [2.24, 2.45) is 0 Å².